The Kier molecular flexibility index (Phi) is 3.56. The van der Waals surface area contributed by atoms with Gasteiger partial charge in [-0.25, -0.2) is 13.6 Å². The van der Waals surface area contributed by atoms with Crippen LogP contribution in [0.3, 0.4) is 0 Å². The van der Waals surface area contributed by atoms with Gasteiger partial charge in [-0.1, -0.05) is 24.3 Å². The summed E-state index contributed by atoms with van der Waals surface area (Å²) in [6.07, 6.45) is 0.814. The minimum Gasteiger partial charge on any atom is -0.334 e. The van der Waals surface area contributed by atoms with Crippen molar-refractivity contribution in [2.75, 3.05) is 6.54 Å². The SMILES string of the molecule is NS(=O)(=O)c1cc(C(=O)N2CCc3ccccc3C2)cs1. The van der Waals surface area contributed by atoms with E-state index in [0.717, 1.165) is 23.3 Å². The lowest BCUT2D eigenvalue weighted by Crippen LogP contribution is -2.35. The van der Waals surface area contributed by atoms with Crippen LogP contribution in [-0.4, -0.2) is 25.8 Å². The lowest BCUT2D eigenvalue weighted by Gasteiger charge is -2.28. The first-order chi connectivity index (χ1) is 9.95. The monoisotopic (exact) mass is 322 g/mol. The summed E-state index contributed by atoms with van der Waals surface area (Å²) in [6.45, 7) is 1.19. The Morgan fingerprint density at radius 3 is 2.62 bits per heavy atom. The summed E-state index contributed by atoms with van der Waals surface area (Å²) in [5, 5.41) is 6.61. The molecule has 0 spiro atoms. The number of nitrogens with zero attached hydrogens (tertiary/aromatic N) is 1. The number of carbonyl (C=O) groups is 1. The van der Waals surface area contributed by atoms with Crippen LogP contribution in [0.25, 0.3) is 0 Å². The zero-order valence-corrected chi connectivity index (χ0v) is 12.8. The molecule has 1 aromatic heterocycles. The number of hydrogen-bond acceptors (Lipinski definition) is 4. The minimum atomic E-state index is -3.75. The van der Waals surface area contributed by atoms with Gasteiger partial charge in [-0.05, 0) is 23.6 Å². The number of amides is 1. The van der Waals surface area contributed by atoms with Crippen LogP contribution in [0.15, 0.2) is 39.9 Å². The second-order valence-electron chi connectivity index (χ2n) is 4.94. The summed E-state index contributed by atoms with van der Waals surface area (Å²) in [6, 6.07) is 9.38. The Hall–Kier alpha value is -1.70. The van der Waals surface area contributed by atoms with Crippen molar-refractivity contribution in [2.45, 2.75) is 17.2 Å². The quantitative estimate of drug-likeness (QED) is 0.912. The summed E-state index contributed by atoms with van der Waals surface area (Å²) in [4.78, 5) is 14.2. The number of sulfonamides is 1. The normalized spacial score (nSPS) is 14.8. The molecule has 0 bridgehead atoms. The Bertz CT molecular complexity index is 796. The molecular weight excluding hydrogens is 308 g/mol. The Balaban J connectivity index is 1.82. The molecule has 2 aromatic rings. The minimum absolute atomic E-state index is 0.0169. The van der Waals surface area contributed by atoms with E-state index < -0.39 is 10.0 Å². The van der Waals surface area contributed by atoms with Crippen LogP contribution in [-0.2, 0) is 23.0 Å². The second-order valence-corrected chi connectivity index (χ2v) is 7.64. The molecule has 7 heteroatoms. The number of rotatable bonds is 2. The van der Waals surface area contributed by atoms with Crippen LogP contribution in [0.1, 0.15) is 21.5 Å². The third kappa shape index (κ3) is 2.85. The average Bonchev–Trinajstić information content (AvgIpc) is 2.96. The van der Waals surface area contributed by atoms with Crippen molar-refractivity contribution >= 4 is 27.3 Å². The molecule has 2 N–H and O–H groups in total. The summed E-state index contributed by atoms with van der Waals surface area (Å²) in [5.74, 6) is -0.157. The number of carbonyl (C=O) groups excluding carboxylic acids is 1. The molecule has 0 fully saturated rings. The molecule has 0 atom stereocenters. The molecule has 0 unspecified atom stereocenters. The van der Waals surface area contributed by atoms with E-state index in [1.54, 1.807) is 10.3 Å². The molecule has 110 valence electrons. The molecule has 1 aromatic carbocycles. The van der Waals surface area contributed by atoms with E-state index in [0.29, 0.717) is 18.7 Å². The highest BCUT2D eigenvalue weighted by atomic mass is 32.2. The number of nitrogens with two attached hydrogens (primary N) is 1. The third-order valence-corrected chi connectivity index (χ3v) is 5.91. The van der Waals surface area contributed by atoms with Gasteiger partial charge in [0.15, 0.2) is 0 Å². The standard InChI is InChI=1S/C14H14N2O3S2/c15-21(18,19)13-7-12(9-20-13)14(17)16-6-5-10-3-1-2-4-11(10)8-16/h1-4,7,9H,5-6,8H2,(H2,15,18,19). The van der Waals surface area contributed by atoms with Crippen molar-refractivity contribution in [1.82, 2.24) is 4.90 Å². The lowest BCUT2D eigenvalue weighted by molar-refractivity contribution is 0.0735. The maximum Gasteiger partial charge on any atom is 0.255 e. The van der Waals surface area contributed by atoms with Gasteiger partial charge in [0.2, 0.25) is 10.0 Å². The van der Waals surface area contributed by atoms with Crippen LogP contribution >= 0.6 is 11.3 Å². The van der Waals surface area contributed by atoms with E-state index in [4.69, 9.17) is 5.14 Å². The van der Waals surface area contributed by atoms with Gasteiger partial charge in [-0.2, -0.15) is 0 Å². The molecular formula is C14H14N2O3S2. The zero-order chi connectivity index (χ0) is 15.0. The van der Waals surface area contributed by atoms with Crippen LogP contribution in [0.2, 0.25) is 0 Å². The maximum atomic E-state index is 12.4. The molecule has 0 saturated carbocycles. The summed E-state index contributed by atoms with van der Waals surface area (Å²) in [5.41, 5.74) is 2.78. The molecule has 2 heterocycles. The molecule has 0 saturated heterocycles. The highest BCUT2D eigenvalue weighted by molar-refractivity contribution is 7.91. The largest absolute Gasteiger partial charge is 0.334 e. The van der Waals surface area contributed by atoms with Gasteiger partial charge >= 0.3 is 0 Å². The first-order valence-corrected chi connectivity index (χ1v) is 8.85. The second kappa shape index (κ2) is 5.25. The molecule has 1 aliphatic rings. The fraction of sp³-hybridized carbons (Fsp3) is 0.214. The van der Waals surface area contributed by atoms with Crippen LogP contribution in [0.5, 0.6) is 0 Å². The average molecular weight is 322 g/mol. The van der Waals surface area contributed by atoms with Crippen LogP contribution < -0.4 is 5.14 Å². The van der Waals surface area contributed by atoms with E-state index in [9.17, 15) is 13.2 Å². The first-order valence-electron chi connectivity index (χ1n) is 6.42. The highest BCUT2D eigenvalue weighted by Gasteiger charge is 2.23. The van der Waals surface area contributed by atoms with Gasteiger partial charge in [0.25, 0.3) is 5.91 Å². The number of benzene rings is 1. The van der Waals surface area contributed by atoms with E-state index in [-0.39, 0.29) is 10.1 Å². The van der Waals surface area contributed by atoms with Crippen LogP contribution in [0.4, 0.5) is 0 Å². The zero-order valence-electron chi connectivity index (χ0n) is 11.2. The van der Waals surface area contributed by atoms with Crippen molar-refractivity contribution in [3.8, 4) is 0 Å². The molecule has 21 heavy (non-hydrogen) atoms. The molecule has 5 nitrogen and oxygen atoms in total. The number of thiophene rings is 1. The van der Waals surface area contributed by atoms with Gasteiger partial charge in [-0.3, -0.25) is 4.79 Å². The fourth-order valence-corrected chi connectivity index (χ4v) is 4.01. The van der Waals surface area contributed by atoms with Gasteiger partial charge in [0, 0.05) is 18.5 Å². The van der Waals surface area contributed by atoms with Crippen molar-refractivity contribution in [2.24, 2.45) is 5.14 Å². The fourth-order valence-electron chi connectivity index (χ4n) is 2.43. The Morgan fingerprint density at radius 2 is 1.95 bits per heavy atom. The topological polar surface area (TPSA) is 80.5 Å². The molecule has 1 aliphatic heterocycles. The molecule has 0 aliphatic carbocycles. The molecule has 3 rings (SSSR count). The number of fused-ring (bicyclic) bond motifs is 1. The maximum absolute atomic E-state index is 12.4. The van der Waals surface area contributed by atoms with E-state index in [2.05, 4.69) is 6.07 Å². The molecule has 1 amide bonds. The van der Waals surface area contributed by atoms with E-state index in [1.165, 1.54) is 11.6 Å². The van der Waals surface area contributed by atoms with Crippen molar-refractivity contribution in [3.63, 3.8) is 0 Å². The highest BCUT2D eigenvalue weighted by Crippen LogP contribution is 2.23. The predicted octanol–water partition coefficient (Wildman–Crippen LogP) is 1.59. The van der Waals surface area contributed by atoms with Gasteiger partial charge in [0.05, 0.1) is 5.56 Å². The van der Waals surface area contributed by atoms with E-state index in [1.807, 2.05) is 18.2 Å². The number of primary sulfonamides is 1. The van der Waals surface area contributed by atoms with Crippen molar-refractivity contribution < 1.29 is 13.2 Å². The number of hydrogen-bond donors (Lipinski definition) is 1. The summed E-state index contributed by atoms with van der Waals surface area (Å²) in [7, 11) is -3.75. The lowest BCUT2D eigenvalue weighted by atomic mass is 9.99. The van der Waals surface area contributed by atoms with Crippen molar-refractivity contribution in [3.05, 3.63) is 52.4 Å². The smallest absolute Gasteiger partial charge is 0.255 e. The van der Waals surface area contributed by atoms with Crippen molar-refractivity contribution in [1.29, 1.82) is 0 Å². The predicted molar refractivity (Wildman–Crippen MR) is 80.6 cm³/mol. The Labute approximate surface area is 127 Å². The van der Waals surface area contributed by atoms with Gasteiger partial charge in [-0.15, -0.1) is 11.3 Å². The molecule has 0 radical (unpaired) electrons. The first kappa shape index (κ1) is 14.2. The summed E-state index contributed by atoms with van der Waals surface area (Å²) >= 11 is 0.974. The van der Waals surface area contributed by atoms with Gasteiger partial charge < -0.3 is 4.90 Å². The van der Waals surface area contributed by atoms with Gasteiger partial charge in [0.1, 0.15) is 4.21 Å². The van der Waals surface area contributed by atoms with E-state index >= 15 is 0 Å². The third-order valence-electron chi connectivity index (χ3n) is 3.52. The van der Waals surface area contributed by atoms with Crippen LogP contribution in [0, 0.1) is 0 Å². The Morgan fingerprint density at radius 1 is 1.24 bits per heavy atom. The summed E-state index contributed by atoms with van der Waals surface area (Å²) < 4.78 is 22.6.